The predicted octanol–water partition coefficient (Wildman–Crippen LogP) is 19.6. The molecule has 0 aromatic carbocycles. The van der Waals surface area contributed by atoms with E-state index >= 15 is 0 Å². The van der Waals surface area contributed by atoms with Gasteiger partial charge < -0.3 is 34.2 Å². The first-order valence-electron chi connectivity index (χ1n) is 35.2. The van der Waals surface area contributed by atoms with Gasteiger partial charge in [0, 0.05) is 19.3 Å². The van der Waals surface area contributed by atoms with Gasteiger partial charge in [-0.1, -0.05) is 265 Å². The molecule has 524 valence electrons. The number of ether oxygens (including phenoxy) is 3. The fourth-order valence-electron chi connectivity index (χ4n) is 9.18. The highest BCUT2D eigenvalue weighted by atomic mass is 31.2. The van der Waals surface area contributed by atoms with Crippen molar-refractivity contribution in [1.82, 2.24) is 0 Å². The van der Waals surface area contributed by atoms with Crippen LogP contribution in [-0.2, 0) is 55.8 Å². The summed E-state index contributed by atoms with van der Waals surface area (Å²) < 4.78 is 60.8. The van der Waals surface area contributed by atoms with Gasteiger partial charge in [0.1, 0.15) is 25.4 Å². The number of phosphoric acid groups is 2. The zero-order valence-electron chi connectivity index (χ0n) is 56.7. The molecule has 0 aromatic rings. The van der Waals surface area contributed by atoms with Crippen LogP contribution in [0.15, 0.2) is 109 Å². The lowest BCUT2D eigenvalue weighted by Crippen LogP contribution is -2.30. The molecule has 0 rings (SSSR count). The van der Waals surface area contributed by atoms with Crippen molar-refractivity contribution < 1.29 is 75.8 Å². The Morgan fingerprint density at radius 3 is 0.923 bits per heavy atom. The van der Waals surface area contributed by atoms with Crippen LogP contribution in [0.1, 0.15) is 278 Å². The maximum Gasteiger partial charge on any atom is 0.472 e. The monoisotopic (exact) mass is 1320 g/mol. The van der Waals surface area contributed by atoms with E-state index < -0.39 is 91.5 Å². The summed E-state index contributed by atoms with van der Waals surface area (Å²) in [6.07, 6.45) is 74.3. The zero-order valence-corrected chi connectivity index (χ0v) is 58.5. The van der Waals surface area contributed by atoms with Crippen molar-refractivity contribution in [3.05, 3.63) is 109 Å². The molecule has 0 aliphatic heterocycles. The average molecular weight is 1320 g/mol. The van der Waals surface area contributed by atoms with Crippen LogP contribution in [0.2, 0.25) is 0 Å². The minimum absolute atomic E-state index is 0.104. The van der Waals surface area contributed by atoms with Crippen LogP contribution in [0.5, 0.6) is 0 Å². The molecule has 0 aliphatic carbocycles. The van der Waals surface area contributed by atoms with Crippen LogP contribution in [-0.4, -0.2) is 95.9 Å². The number of hydrogen-bond donors (Lipinski definition) is 4. The lowest BCUT2D eigenvalue weighted by atomic mass is 10.1. The van der Waals surface area contributed by atoms with Crippen molar-refractivity contribution in [1.29, 1.82) is 0 Å². The van der Waals surface area contributed by atoms with Gasteiger partial charge in [-0.25, -0.2) is 9.13 Å². The van der Waals surface area contributed by atoms with Crippen LogP contribution < -0.4 is 0 Å². The van der Waals surface area contributed by atoms with Crippen LogP contribution in [0.25, 0.3) is 0 Å². The number of carbonyl (C=O) groups excluding carboxylic acids is 3. The van der Waals surface area contributed by atoms with E-state index in [-0.39, 0.29) is 19.3 Å². The fourth-order valence-corrected chi connectivity index (χ4v) is 10.8. The molecule has 0 heterocycles. The second-order valence-corrected chi connectivity index (χ2v) is 26.2. The van der Waals surface area contributed by atoms with Gasteiger partial charge in [-0.05, 0) is 103 Å². The first-order valence-corrected chi connectivity index (χ1v) is 38.2. The molecule has 0 fully saturated rings. The highest BCUT2D eigenvalue weighted by Crippen LogP contribution is 2.45. The lowest BCUT2D eigenvalue weighted by Gasteiger charge is -2.21. The van der Waals surface area contributed by atoms with E-state index in [0.29, 0.717) is 19.3 Å². The molecule has 91 heavy (non-hydrogen) atoms. The third-order valence-corrected chi connectivity index (χ3v) is 16.4. The largest absolute Gasteiger partial charge is 0.472 e. The van der Waals surface area contributed by atoms with E-state index in [1.54, 1.807) is 0 Å². The summed E-state index contributed by atoms with van der Waals surface area (Å²) in [7, 11) is -9.77. The van der Waals surface area contributed by atoms with Crippen LogP contribution in [0.3, 0.4) is 0 Å². The maximum atomic E-state index is 12.9. The summed E-state index contributed by atoms with van der Waals surface area (Å²) in [5.74, 6) is -1.59. The van der Waals surface area contributed by atoms with Gasteiger partial charge in [0.25, 0.3) is 0 Å². The quantitative estimate of drug-likeness (QED) is 0.0146. The summed E-state index contributed by atoms with van der Waals surface area (Å²) in [6.45, 7) is 2.42. The Morgan fingerprint density at radius 1 is 0.319 bits per heavy atom. The second-order valence-electron chi connectivity index (χ2n) is 23.3. The van der Waals surface area contributed by atoms with Crippen LogP contribution in [0, 0.1) is 0 Å². The molecule has 4 N–H and O–H groups in total. The molecule has 5 atom stereocenters. The number of esters is 3. The number of unbranched alkanes of at least 4 members (excludes halogenated alkanes) is 25. The molecule has 0 aliphatic rings. The van der Waals surface area contributed by atoms with E-state index in [2.05, 4.69) is 130 Å². The molecule has 0 amide bonds. The van der Waals surface area contributed by atoms with Crippen molar-refractivity contribution in [3.63, 3.8) is 0 Å². The van der Waals surface area contributed by atoms with Gasteiger partial charge in [-0.2, -0.15) is 0 Å². The first-order chi connectivity index (χ1) is 44.2. The maximum absolute atomic E-state index is 12.9. The summed E-state index contributed by atoms with van der Waals surface area (Å²) in [4.78, 5) is 58.3. The van der Waals surface area contributed by atoms with Crippen molar-refractivity contribution in [2.45, 2.75) is 296 Å². The Hall–Kier alpha value is -3.79. The molecule has 0 spiro atoms. The van der Waals surface area contributed by atoms with E-state index in [0.717, 1.165) is 161 Å². The molecule has 16 nitrogen and oxygen atoms in total. The zero-order chi connectivity index (χ0) is 66.7. The van der Waals surface area contributed by atoms with Gasteiger partial charge in [-0.15, -0.1) is 0 Å². The minimum atomic E-state index is -4.92. The number of rotatable bonds is 66. The second kappa shape index (κ2) is 66.2. The normalized spacial score (nSPS) is 14.8. The Labute approximate surface area is 551 Å². The van der Waals surface area contributed by atoms with Crippen molar-refractivity contribution in [3.8, 4) is 0 Å². The SMILES string of the molecule is CC/C=C\C/C=C\C/C=C\C/C=C\C/C=C\C/C=C\CCCCCCCCCCC(=O)OCC(O)COP(=O)(O)OCC(O)COP(=O)(O)OCC(COC(=O)CCCCCCCCC/C=C\C/C=C\C/C=C\CC)OC(=O)CCCCCCCCCCCCC. The standard InChI is InChI=1S/C73H126O16P2/c1-4-7-10-13-16-19-22-24-26-28-29-30-31-32-33-34-35-36-37-39-41-42-45-47-50-53-56-59-71(76)83-62-68(74)63-85-90(79,80)86-64-69(75)65-87-91(81,82)88-67-70(89-73(78)61-58-55-52-49-44-21-18-15-12-9-6-3)66-84-72(77)60-57-54-51-48-46-43-40-38-27-25-23-20-17-14-11-8-5-2/h7-8,10-11,16-17,19-20,24-27,29-30,32-33,35-36,68-70,74-75H,4-6,9,12-15,18,21-23,28,31,34,37-67H2,1-3H3,(H,79,80)(H,81,82)/b10-7-,11-8-,19-16-,20-17-,26-24-,27-25-,30-29-,33-32-,36-35-. The van der Waals surface area contributed by atoms with E-state index in [1.807, 2.05) is 0 Å². The number of aliphatic hydroxyl groups is 2. The lowest BCUT2D eigenvalue weighted by molar-refractivity contribution is -0.161. The highest BCUT2D eigenvalue weighted by molar-refractivity contribution is 7.47. The van der Waals surface area contributed by atoms with Gasteiger partial charge in [0.15, 0.2) is 6.10 Å². The molecule has 0 bridgehead atoms. The predicted molar refractivity (Wildman–Crippen MR) is 371 cm³/mol. The smallest absolute Gasteiger partial charge is 0.463 e. The molecule has 0 radical (unpaired) electrons. The van der Waals surface area contributed by atoms with Crippen LogP contribution in [0.4, 0.5) is 0 Å². The topological polar surface area (TPSA) is 231 Å². The van der Waals surface area contributed by atoms with Gasteiger partial charge in [0.05, 0.1) is 26.4 Å². The first kappa shape index (κ1) is 87.2. The van der Waals surface area contributed by atoms with Crippen molar-refractivity contribution in [2.24, 2.45) is 0 Å². The average Bonchev–Trinajstić information content (AvgIpc) is 3.69. The number of aliphatic hydroxyl groups excluding tert-OH is 2. The van der Waals surface area contributed by atoms with Gasteiger partial charge >= 0.3 is 33.6 Å². The molecular formula is C73H126O16P2. The Bertz CT molecular complexity index is 2100. The minimum Gasteiger partial charge on any atom is -0.463 e. The van der Waals surface area contributed by atoms with E-state index in [1.165, 1.54) is 57.8 Å². The summed E-state index contributed by atoms with van der Waals surface area (Å²) in [5, 5.41) is 20.6. The number of carbonyl (C=O) groups is 3. The molecule has 0 saturated heterocycles. The summed E-state index contributed by atoms with van der Waals surface area (Å²) in [6, 6.07) is 0. The molecule has 18 heteroatoms. The molecular weight excluding hydrogens is 1190 g/mol. The van der Waals surface area contributed by atoms with Crippen molar-refractivity contribution >= 4 is 33.6 Å². The Kier molecular flexibility index (Phi) is 63.5. The van der Waals surface area contributed by atoms with Gasteiger partial charge in [-0.3, -0.25) is 32.5 Å². The number of phosphoric ester groups is 2. The summed E-state index contributed by atoms with van der Waals surface area (Å²) in [5.41, 5.74) is 0. The summed E-state index contributed by atoms with van der Waals surface area (Å²) >= 11 is 0. The number of allylic oxidation sites excluding steroid dienone is 18. The van der Waals surface area contributed by atoms with Gasteiger partial charge in [0.2, 0.25) is 0 Å². The van der Waals surface area contributed by atoms with E-state index in [4.69, 9.17) is 32.3 Å². The van der Waals surface area contributed by atoms with E-state index in [9.17, 15) is 43.5 Å². The number of hydrogen-bond acceptors (Lipinski definition) is 14. The fraction of sp³-hybridized carbons (Fsp3) is 0.712. The highest BCUT2D eigenvalue weighted by Gasteiger charge is 2.29. The Balaban J connectivity index is 4.49. The van der Waals surface area contributed by atoms with Crippen LogP contribution >= 0.6 is 15.6 Å². The third-order valence-electron chi connectivity index (χ3n) is 14.5. The molecule has 0 saturated carbocycles. The molecule has 5 unspecified atom stereocenters. The van der Waals surface area contributed by atoms with Crippen molar-refractivity contribution in [2.75, 3.05) is 39.6 Å². The molecule has 0 aromatic heterocycles. The third kappa shape index (κ3) is 67.4. The Morgan fingerprint density at radius 2 is 0.582 bits per heavy atom.